The Hall–Kier alpha value is -3.25. The van der Waals surface area contributed by atoms with E-state index in [0.717, 1.165) is 41.5 Å². The van der Waals surface area contributed by atoms with Crippen LogP contribution in [0.3, 0.4) is 0 Å². The largest absolute Gasteiger partial charge is 0.372 e. The molecular weight excluding hydrogens is 430 g/mol. The molecule has 4 rings (SSSR count). The van der Waals surface area contributed by atoms with Crippen LogP contribution in [0.15, 0.2) is 77.7 Å². The summed E-state index contributed by atoms with van der Waals surface area (Å²) in [6.07, 6.45) is 0.888. The first-order valence-corrected chi connectivity index (χ1v) is 12.4. The van der Waals surface area contributed by atoms with Gasteiger partial charge >= 0.3 is 0 Å². The summed E-state index contributed by atoms with van der Waals surface area (Å²) in [5.74, 6) is 0.178. The maximum atomic E-state index is 13.0. The number of nitrogens with one attached hydrogen (secondary N) is 1. The molecule has 170 valence electrons. The molecule has 1 aliphatic rings. The van der Waals surface area contributed by atoms with Crippen molar-refractivity contribution in [3.8, 4) is 0 Å². The van der Waals surface area contributed by atoms with Crippen LogP contribution in [0.2, 0.25) is 0 Å². The Bertz CT molecular complexity index is 1130. The van der Waals surface area contributed by atoms with Gasteiger partial charge in [-0.05, 0) is 68.3 Å². The average Bonchev–Trinajstić information content (AvgIpc) is 3.29. The number of hydrogen-bond donors (Lipinski definition) is 1. The monoisotopic (exact) mass is 459 g/mol. The van der Waals surface area contributed by atoms with Crippen LogP contribution in [0.5, 0.6) is 0 Å². The van der Waals surface area contributed by atoms with Gasteiger partial charge in [0.25, 0.3) is 5.91 Å². The molecule has 1 aliphatic heterocycles. The van der Waals surface area contributed by atoms with E-state index in [4.69, 9.17) is 0 Å². The number of benzene rings is 3. The highest BCUT2D eigenvalue weighted by atomic mass is 32.2. The van der Waals surface area contributed by atoms with Crippen LogP contribution in [0.1, 0.15) is 29.8 Å². The molecule has 3 aromatic rings. The fourth-order valence-electron chi connectivity index (χ4n) is 4.14. The minimum absolute atomic E-state index is 0.0622. The second-order valence-corrected chi connectivity index (χ2v) is 8.90. The second-order valence-electron chi connectivity index (χ2n) is 7.88. The van der Waals surface area contributed by atoms with Crippen LogP contribution in [-0.2, 0) is 11.2 Å². The summed E-state index contributed by atoms with van der Waals surface area (Å²) in [7, 11) is 0. The van der Waals surface area contributed by atoms with Gasteiger partial charge < -0.3 is 15.1 Å². The van der Waals surface area contributed by atoms with Crippen molar-refractivity contribution in [3.05, 3.63) is 83.9 Å². The SMILES string of the molecule is CCN(CC)c1ccc(NC(=O)c2ccccc2SCC(=O)N2CCc3ccccc32)cc1. The van der Waals surface area contributed by atoms with Crippen molar-refractivity contribution in [1.82, 2.24) is 0 Å². The van der Waals surface area contributed by atoms with Gasteiger partial charge in [-0.1, -0.05) is 30.3 Å². The smallest absolute Gasteiger partial charge is 0.256 e. The maximum absolute atomic E-state index is 13.0. The van der Waals surface area contributed by atoms with Crippen LogP contribution >= 0.6 is 11.8 Å². The molecule has 0 unspecified atom stereocenters. The topological polar surface area (TPSA) is 52.7 Å². The van der Waals surface area contributed by atoms with E-state index in [1.54, 1.807) is 6.07 Å². The highest BCUT2D eigenvalue weighted by molar-refractivity contribution is 8.00. The number of carbonyl (C=O) groups excluding carboxylic acids is 2. The summed E-state index contributed by atoms with van der Waals surface area (Å²) < 4.78 is 0. The predicted octanol–water partition coefficient (Wildman–Crippen LogP) is 5.47. The Morgan fingerprint density at radius 3 is 2.39 bits per heavy atom. The average molecular weight is 460 g/mol. The van der Waals surface area contributed by atoms with Gasteiger partial charge in [0.2, 0.25) is 5.91 Å². The third-order valence-corrected chi connectivity index (χ3v) is 6.98. The lowest BCUT2D eigenvalue weighted by atomic mass is 10.2. The summed E-state index contributed by atoms with van der Waals surface area (Å²) in [5, 5.41) is 2.99. The molecule has 5 nitrogen and oxygen atoms in total. The third-order valence-electron chi connectivity index (χ3n) is 5.92. The van der Waals surface area contributed by atoms with Crippen LogP contribution in [0.4, 0.5) is 17.1 Å². The van der Waals surface area contributed by atoms with Gasteiger partial charge in [0, 0.05) is 41.6 Å². The maximum Gasteiger partial charge on any atom is 0.256 e. The molecule has 0 aromatic heterocycles. The molecule has 6 heteroatoms. The minimum atomic E-state index is -0.173. The second kappa shape index (κ2) is 10.6. The Morgan fingerprint density at radius 2 is 1.64 bits per heavy atom. The van der Waals surface area contributed by atoms with Crippen molar-refractivity contribution in [2.24, 2.45) is 0 Å². The molecule has 0 spiro atoms. The standard InChI is InChI=1S/C27H29N3O2S/c1-3-29(4-2)22-15-13-21(14-16-22)28-27(32)23-10-6-8-12-25(23)33-19-26(31)30-18-17-20-9-5-7-11-24(20)30/h5-16H,3-4,17-19H2,1-2H3,(H,28,32). The van der Waals surface area contributed by atoms with Gasteiger partial charge in [0.1, 0.15) is 0 Å². The Morgan fingerprint density at radius 1 is 0.939 bits per heavy atom. The van der Waals surface area contributed by atoms with Crippen molar-refractivity contribution in [2.75, 3.05) is 40.5 Å². The fraction of sp³-hybridized carbons (Fsp3) is 0.259. The molecule has 1 heterocycles. The highest BCUT2D eigenvalue weighted by Crippen LogP contribution is 2.30. The van der Waals surface area contributed by atoms with Crippen molar-refractivity contribution in [3.63, 3.8) is 0 Å². The highest BCUT2D eigenvalue weighted by Gasteiger charge is 2.24. The molecule has 0 saturated carbocycles. The van der Waals surface area contributed by atoms with Crippen LogP contribution in [0.25, 0.3) is 0 Å². The lowest BCUT2D eigenvalue weighted by Gasteiger charge is -2.21. The number of anilines is 3. The first kappa shape index (κ1) is 22.9. The van der Waals surface area contributed by atoms with E-state index in [-0.39, 0.29) is 17.6 Å². The third kappa shape index (κ3) is 5.22. The number of hydrogen-bond acceptors (Lipinski definition) is 4. The summed E-state index contributed by atoms with van der Waals surface area (Å²) in [4.78, 5) is 30.8. The van der Waals surface area contributed by atoms with Crippen molar-refractivity contribution in [1.29, 1.82) is 0 Å². The van der Waals surface area contributed by atoms with Crippen LogP contribution in [-0.4, -0.2) is 37.2 Å². The first-order chi connectivity index (χ1) is 16.1. The van der Waals surface area contributed by atoms with Gasteiger partial charge in [-0.3, -0.25) is 9.59 Å². The van der Waals surface area contributed by atoms with E-state index in [0.29, 0.717) is 12.1 Å². The summed E-state index contributed by atoms with van der Waals surface area (Å²) in [6, 6.07) is 23.4. The van der Waals surface area contributed by atoms with E-state index in [2.05, 4.69) is 30.1 Å². The number of thioether (sulfide) groups is 1. The molecular formula is C27H29N3O2S. The molecule has 0 radical (unpaired) electrons. The molecule has 0 bridgehead atoms. The van der Waals surface area contributed by atoms with Gasteiger partial charge in [0.15, 0.2) is 0 Å². The van der Waals surface area contributed by atoms with E-state index < -0.39 is 0 Å². The number of rotatable bonds is 8. The summed E-state index contributed by atoms with van der Waals surface area (Å²) >= 11 is 1.41. The quantitative estimate of drug-likeness (QED) is 0.454. The molecule has 3 aromatic carbocycles. The van der Waals surface area contributed by atoms with Gasteiger partial charge in [-0.2, -0.15) is 0 Å². The van der Waals surface area contributed by atoms with Crippen molar-refractivity contribution < 1.29 is 9.59 Å². The fourth-order valence-corrected chi connectivity index (χ4v) is 5.06. The zero-order valence-electron chi connectivity index (χ0n) is 19.1. The number of amides is 2. The molecule has 33 heavy (non-hydrogen) atoms. The Labute approximate surface area is 199 Å². The Kier molecular flexibility index (Phi) is 7.35. The summed E-state index contributed by atoms with van der Waals surface area (Å²) in [5.41, 5.74) is 4.67. The summed E-state index contributed by atoms with van der Waals surface area (Å²) in [6.45, 7) is 6.84. The number of nitrogens with zero attached hydrogens (tertiary/aromatic N) is 2. The normalized spacial score (nSPS) is 12.4. The zero-order valence-corrected chi connectivity index (χ0v) is 19.9. The predicted molar refractivity (Wildman–Crippen MR) is 138 cm³/mol. The molecule has 0 aliphatic carbocycles. The van der Waals surface area contributed by atoms with Gasteiger partial charge in [0.05, 0.1) is 11.3 Å². The van der Waals surface area contributed by atoms with Gasteiger partial charge in [-0.25, -0.2) is 0 Å². The number of para-hydroxylation sites is 1. The van der Waals surface area contributed by atoms with Crippen molar-refractivity contribution in [2.45, 2.75) is 25.2 Å². The molecule has 0 atom stereocenters. The number of carbonyl (C=O) groups is 2. The molecule has 2 amide bonds. The first-order valence-electron chi connectivity index (χ1n) is 11.4. The Balaban J connectivity index is 1.41. The van der Waals surface area contributed by atoms with E-state index >= 15 is 0 Å². The van der Waals surface area contributed by atoms with Gasteiger partial charge in [-0.15, -0.1) is 11.8 Å². The van der Waals surface area contributed by atoms with Crippen molar-refractivity contribution >= 4 is 40.6 Å². The van der Waals surface area contributed by atoms with E-state index in [1.807, 2.05) is 65.6 Å². The molecule has 1 N–H and O–H groups in total. The lowest BCUT2D eigenvalue weighted by Crippen LogP contribution is -2.30. The zero-order chi connectivity index (χ0) is 23.2. The minimum Gasteiger partial charge on any atom is -0.372 e. The molecule has 0 saturated heterocycles. The number of fused-ring (bicyclic) bond motifs is 1. The van der Waals surface area contributed by atoms with E-state index in [1.165, 1.54) is 17.3 Å². The lowest BCUT2D eigenvalue weighted by molar-refractivity contribution is -0.116. The van der Waals surface area contributed by atoms with Crippen LogP contribution in [0, 0.1) is 0 Å². The van der Waals surface area contributed by atoms with E-state index in [9.17, 15) is 9.59 Å². The molecule has 0 fully saturated rings. The van der Waals surface area contributed by atoms with Crippen LogP contribution < -0.4 is 15.1 Å².